The molecule has 2 aliphatic heterocycles. The summed E-state index contributed by atoms with van der Waals surface area (Å²) in [6.45, 7) is 3.71. The van der Waals surface area contributed by atoms with Crippen molar-refractivity contribution >= 4 is 10.0 Å². The summed E-state index contributed by atoms with van der Waals surface area (Å²) in [5.74, 6) is 1.88. The summed E-state index contributed by atoms with van der Waals surface area (Å²) >= 11 is 0. The highest BCUT2D eigenvalue weighted by Gasteiger charge is 2.27. The third-order valence-electron chi connectivity index (χ3n) is 5.17. The van der Waals surface area contributed by atoms with Crippen molar-refractivity contribution in [2.24, 2.45) is 0 Å². The summed E-state index contributed by atoms with van der Waals surface area (Å²) in [6, 6.07) is 9.05. The van der Waals surface area contributed by atoms with Crippen molar-refractivity contribution in [2.45, 2.75) is 31.1 Å². The smallest absolute Gasteiger partial charge is 0.242 e. The lowest BCUT2D eigenvalue weighted by molar-refractivity contribution is 0.351. The monoisotopic (exact) mass is 373 g/mol. The van der Waals surface area contributed by atoms with E-state index in [4.69, 9.17) is 9.47 Å². The zero-order valence-electron chi connectivity index (χ0n) is 15.1. The molecule has 0 saturated carbocycles. The maximum atomic E-state index is 12.8. The Morgan fingerprint density at radius 1 is 1.08 bits per heavy atom. The van der Waals surface area contributed by atoms with Gasteiger partial charge in [0, 0.05) is 43.1 Å². The van der Waals surface area contributed by atoms with Crippen molar-refractivity contribution in [2.75, 3.05) is 26.8 Å². The van der Waals surface area contributed by atoms with Gasteiger partial charge in [0.05, 0.1) is 18.1 Å². The van der Waals surface area contributed by atoms with Gasteiger partial charge in [-0.2, -0.15) is 0 Å². The molecule has 0 unspecified atom stereocenters. The number of hydrogen-bond donors (Lipinski definition) is 0. The van der Waals surface area contributed by atoms with Crippen LogP contribution in [0, 0.1) is 6.92 Å². The molecule has 138 valence electrons. The van der Waals surface area contributed by atoms with Crippen LogP contribution in [0.5, 0.6) is 11.5 Å². The molecule has 0 amide bonds. The van der Waals surface area contributed by atoms with E-state index in [2.05, 4.69) is 6.07 Å². The lowest BCUT2D eigenvalue weighted by atomic mass is 9.97. The summed E-state index contributed by atoms with van der Waals surface area (Å²) < 4.78 is 38.6. The van der Waals surface area contributed by atoms with E-state index >= 15 is 0 Å². The first-order valence-electron chi connectivity index (χ1n) is 8.93. The fourth-order valence-corrected chi connectivity index (χ4v) is 4.80. The van der Waals surface area contributed by atoms with E-state index in [1.807, 2.05) is 19.1 Å². The van der Waals surface area contributed by atoms with Gasteiger partial charge in [0.25, 0.3) is 0 Å². The molecular weight excluding hydrogens is 350 g/mol. The van der Waals surface area contributed by atoms with Crippen molar-refractivity contribution < 1.29 is 17.9 Å². The van der Waals surface area contributed by atoms with Crippen LogP contribution in [0.4, 0.5) is 0 Å². The van der Waals surface area contributed by atoms with E-state index in [1.165, 1.54) is 15.4 Å². The molecule has 0 aliphatic carbocycles. The third-order valence-corrected chi connectivity index (χ3v) is 7.04. The molecule has 4 rings (SSSR count). The van der Waals surface area contributed by atoms with Crippen LogP contribution in [0.25, 0.3) is 0 Å². The van der Waals surface area contributed by atoms with Crippen LogP contribution < -0.4 is 9.47 Å². The van der Waals surface area contributed by atoms with Crippen LogP contribution in [0.2, 0.25) is 0 Å². The van der Waals surface area contributed by atoms with Crippen LogP contribution in [-0.2, 0) is 29.3 Å². The summed E-state index contributed by atoms with van der Waals surface area (Å²) in [7, 11) is -1.86. The number of hydrogen-bond acceptors (Lipinski definition) is 4. The number of nitrogens with zero attached hydrogens (tertiary/aromatic N) is 1. The van der Waals surface area contributed by atoms with Crippen molar-refractivity contribution in [3.8, 4) is 11.5 Å². The third kappa shape index (κ3) is 2.97. The molecular formula is C20H23NO4S. The number of fused-ring (bicyclic) bond motifs is 2. The van der Waals surface area contributed by atoms with E-state index in [0.717, 1.165) is 35.5 Å². The highest BCUT2D eigenvalue weighted by atomic mass is 32.2. The van der Waals surface area contributed by atoms with Crippen LogP contribution >= 0.6 is 0 Å². The number of rotatable bonds is 5. The van der Waals surface area contributed by atoms with Crippen molar-refractivity contribution in [3.63, 3.8) is 0 Å². The van der Waals surface area contributed by atoms with Crippen LogP contribution in [0.15, 0.2) is 35.2 Å². The molecule has 0 atom stereocenters. The Bertz CT molecular complexity index is 903. The summed E-state index contributed by atoms with van der Waals surface area (Å²) in [6.07, 6.45) is 2.36. The second-order valence-electron chi connectivity index (χ2n) is 6.91. The number of benzene rings is 2. The Hall–Kier alpha value is -2.05. The topological polar surface area (TPSA) is 55.8 Å². The summed E-state index contributed by atoms with van der Waals surface area (Å²) in [4.78, 5) is 0.328. The van der Waals surface area contributed by atoms with Crippen molar-refractivity contribution in [1.29, 1.82) is 0 Å². The molecule has 2 aromatic carbocycles. The minimum Gasteiger partial charge on any atom is -0.493 e. The Morgan fingerprint density at radius 3 is 2.58 bits per heavy atom. The number of likely N-dealkylation sites (N-methyl/N-ethyl adjacent to an activating group) is 1. The average molecular weight is 373 g/mol. The van der Waals surface area contributed by atoms with Gasteiger partial charge in [0.2, 0.25) is 10.0 Å². The molecule has 0 fully saturated rings. The Kier molecular flexibility index (Phi) is 4.40. The Morgan fingerprint density at radius 2 is 1.81 bits per heavy atom. The van der Waals surface area contributed by atoms with Crippen LogP contribution in [0.3, 0.4) is 0 Å². The normalized spacial score (nSPS) is 15.5. The molecule has 0 bridgehead atoms. The lowest BCUT2D eigenvalue weighted by Crippen LogP contribution is -2.29. The summed E-state index contributed by atoms with van der Waals surface area (Å²) in [5.41, 5.74) is 4.49. The van der Waals surface area contributed by atoms with Crippen LogP contribution in [0.1, 0.15) is 22.3 Å². The highest BCUT2D eigenvalue weighted by molar-refractivity contribution is 7.89. The van der Waals surface area contributed by atoms with E-state index in [0.29, 0.717) is 31.1 Å². The van der Waals surface area contributed by atoms with Gasteiger partial charge in [0.1, 0.15) is 11.5 Å². The SMILES string of the molecule is Cc1ccc(S(=O)(=O)N(C)CCc2c3c(cc4c2OCC4)OCC3)cc1. The zero-order chi connectivity index (χ0) is 18.3. The largest absolute Gasteiger partial charge is 0.493 e. The van der Waals surface area contributed by atoms with Crippen molar-refractivity contribution in [3.05, 3.63) is 52.6 Å². The average Bonchev–Trinajstić information content (AvgIpc) is 3.27. The minimum absolute atomic E-state index is 0.328. The molecule has 0 saturated heterocycles. The minimum atomic E-state index is -3.49. The van der Waals surface area contributed by atoms with Crippen LogP contribution in [-0.4, -0.2) is 39.5 Å². The van der Waals surface area contributed by atoms with Gasteiger partial charge in [-0.05, 0) is 31.5 Å². The van der Waals surface area contributed by atoms with Gasteiger partial charge in [0.15, 0.2) is 0 Å². The van der Waals surface area contributed by atoms with Gasteiger partial charge < -0.3 is 9.47 Å². The van der Waals surface area contributed by atoms with Gasteiger partial charge in [-0.3, -0.25) is 0 Å². The van der Waals surface area contributed by atoms with Gasteiger partial charge in [-0.1, -0.05) is 17.7 Å². The second-order valence-corrected chi connectivity index (χ2v) is 8.95. The first-order chi connectivity index (χ1) is 12.5. The molecule has 0 N–H and O–H groups in total. The molecule has 0 spiro atoms. The highest BCUT2D eigenvalue weighted by Crippen LogP contribution is 2.40. The molecule has 0 radical (unpaired) electrons. The first kappa shape index (κ1) is 17.4. The Balaban J connectivity index is 1.57. The van der Waals surface area contributed by atoms with E-state index < -0.39 is 10.0 Å². The molecule has 2 aliphatic rings. The van der Waals surface area contributed by atoms with E-state index in [1.54, 1.807) is 19.2 Å². The number of sulfonamides is 1. The molecule has 0 aromatic heterocycles. The fourth-order valence-electron chi connectivity index (χ4n) is 3.63. The molecule has 6 heteroatoms. The molecule has 2 aromatic rings. The second kappa shape index (κ2) is 6.59. The summed E-state index contributed by atoms with van der Waals surface area (Å²) in [5, 5.41) is 0. The van der Waals surface area contributed by atoms with Gasteiger partial charge >= 0.3 is 0 Å². The maximum absolute atomic E-state index is 12.8. The predicted molar refractivity (Wildman–Crippen MR) is 99.5 cm³/mol. The molecule has 2 heterocycles. The predicted octanol–water partition coefficient (Wildman–Crippen LogP) is 2.73. The quantitative estimate of drug-likeness (QED) is 0.809. The van der Waals surface area contributed by atoms with E-state index in [9.17, 15) is 8.42 Å². The molecule has 5 nitrogen and oxygen atoms in total. The first-order valence-corrected chi connectivity index (χ1v) is 10.4. The molecule has 26 heavy (non-hydrogen) atoms. The fraction of sp³-hybridized carbons (Fsp3) is 0.400. The number of ether oxygens (including phenoxy) is 2. The van der Waals surface area contributed by atoms with Gasteiger partial charge in [-0.25, -0.2) is 12.7 Å². The standard InChI is InChI=1S/C20H23NO4S/c1-14-3-5-16(6-4-14)26(22,23)21(2)10-7-18-17-9-12-24-19(17)13-15-8-11-25-20(15)18/h3-6,13H,7-12H2,1-2H3. The van der Waals surface area contributed by atoms with Crippen molar-refractivity contribution in [1.82, 2.24) is 4.31 Å². The zero-order valence-corrected chi connectivity index (χ0v) is 15.9. The lowest BCUT2D eigenvalue weighted by Gasteiger charge is -2.19. The van der Waals surface area contributed by atoms with Gasteiger partial charge in [-0.15, -0.1) is 0 Å². The van der Waals surface area contributed by atoms with E-state index in [-0.39, 0.29) is 0 Å². The Labute approximate surface area is 154 Å². The maximum Gasteiger partial charge on any atom is 0.242 e. The number of aryl methyl sites for hydroxylation is 1.